The lowest BCUT2D eigenvalue weighted by molar-refractivity contribution is -0.119. The number of nitrogens with zero attached hydrogens (tertiary/aromatic N) is 4. The van der Waals surface area contributed by atoms with Crippen LogP contribution in [0.15, 0.2) is 30.3 Å². The van der Waals surface area contributed by atoms with Crippen molar-refractivity contribution >= 4 is 22.9 Å². The summed E-state index contributed by atoms with van der Waals surface area (Å²) in [7, 11) is 1.84. The van der Waals surface area contributed by atoms with Gasteiger partial charge in [-0.3, -0.25) is 9.69 Å². The summed E-state index contributed by atoms with van der Waals surface area (Å²) in [5.41, 5.74) is 0.941. The highest BCUT2D eigenvalue weighted by atomic mass is 32.1. The van der Waals surface area contributed by atoms with Crippen molar-refractivity contribution in [1.82, 2.24) is 15.1 Å². The Labute approximate surface area is 140 Å². The van der Waals surface area contributed by atoms with Gasteiger partial charge < -0.3 is 4.90 Å². The molecule has 23 heavy (non-hydrogen) atoms. The molecule has 2 aromatic rings. The average molecular weight is 330 g/mol. The largest absolute Gasteiger partial charge is 0.314 e. The quantitative estimate of drug-likeness (QED) is 0.865. The third-order valence-corrected chi connectivity index (χ3v) is 5.36. The predicted molar refractivity (Wildman–Crippen MR) is 92.9 cm³/mol. The second kappa shape index (κ2) is 7.19. The predicted octanol–water partition coefficient (Wildman–Crippen LogP) is 2.69. The Kier molecular flexibility index (Phi) is 5.03. The molecule has 1 aromatic heterocycles. The van der Waals surface area contributed by atoms with Gasteiger partial charge in [0, 0.05) is 18.7 Å². The standard InChI is InChI=1S/C17H22N4OS/c1-13-18-19-17(23-13)14-8-10-21(11-9-14)12-16(22)20(2)15-6-4-3-5-7-15/h3-7,14H,8-12H2,1-2H3. The Hall–Kier alpha value is -1.79. The minimum absolute atomic E-state index is 0.140. The molecule has 1 aromatic carbocycles. The van der Waals surface area contributed by atoms with Crippen LogP contribution < -0.4 is 4.90 Å². The summed E-state index contributed by atoms with van der Waals surface area (Å²) in [6, 6.07) is 9.79. The van der Waals surface area contributed by atoms with Crippen molar-refractivity contribution < 1.29 is 4.79 Å². The molecule has 0 spiro atoms. The zero-order valence-corrected chi connectivity index (χ0v) is 14.4. The van der Waals surface area contributed by atoms with Gasteiger partial charge in [-0.05, 0) is 45.0 Å². The highest BCUT2D eigenvalue weighted by Crippen LogP contribution is 2.29. The number of amides is 1. The number of rotatable bonds is 4. The number of aryl methyl sites for hydroxylation is 1. The van der Waals surface area contributed by atoms with Crippen molar-refractivity contribution in [2.45, 2.75) is 25.7 Å². The van der Waals surface area contributed by atoms with Crippen molar-refractivity contribution in [3.05, 3.63) is 40.3 Å². The first kappa shape index (κ1) is 16.1. The van der Waals surface area contributed by atoms with Gasteiger partial charge in [0.15, 0.2) is 0 Å². The van der Waals surface area contributed by atoms with Crippen LogP contribution in [-0.2, 0) is 4.79 Å². The summed E-state index contributed by atoms with van der Waals surface area (Å²) in [6.45, 7) is 4.36. The fraction of sp³-hybridized carbons (Fsp3) is 0.471. The van der Waals surface area contributed by atoms with Crippen LogP contribution in [0.25, 0.3) is 0 Å². The van der Waals surface area contributed by atoms with Gasteiger partial charge in [-0.2, -0.15) is 0 Å². The average Bonchev–Trinajstić information content (AvgIpc) is 3.02. The Morgan fingerprint density at radius 1 is 1.26 bits per heavy atom. The third-order valence-electron chi connectivity index (χ3n) is 4.35. The zero-order valence-electron chi connectivity index (χ0n) is 13.6. The molecule has 5 nitrogen and oxygen atoms in total. The Balaban J connectivity index is 1.51. The van der Waals surface area contributed by atoms with Crippen LogP contribution in [0.2, 0.25) is 0 Å². The van der Waals surface area contributed by atoms with Crippen LogP contribution in [0.1, 0.15) is 28.8 Å². The van der Waals surface area contributed by atoms with Gasteiger partial charge >= 0.3 is 0 Å². The van der Waals surface area contributed by atoms with E-state index in [-0.39, 0.29) is 5.91 Å². The molecule has 1 saturated heterocycles. The number of likely N-dealkylation sites (N-methyl/N-ethyl adjacent to an activating group) is 1. The maximum absolute atomic E-state index is 12.4. The molecule has 2 heterocycles. The van der Waals surface area contributed by atoms with E-state index in [4.69, 9.17) is 0 Å². The van der Waals surface area contributed by atoms with Crippen LogP contribution in [0.4, 0.5) is 5.69 Å². The monoisotopic (exact) mass is 330 g/mol. The summed E-state index contributed by atoms with van der Waals surface area (Å²) in [5.74, 6) is 0.640. The molecule has 6 heteroatoms. The van der Waals surface area contributed by atoms with E-state index in [1.54, 1.807) is 16.2 Å². The summed E-state index contributed by atoms with van der Waals surface area (Å²) < 4.78 is 0. The van der Waals surface area contributed by atoms with Crippen LogP contribution in [0.3, 0.4) is 0 Å². The number of benzene rings is 1. The van der Waals surface area contributed by atoms with E-state index in [0.29, 0.717) is 12.5 Å². The Morgan fingerprint density at radius 3 is 2.57 bits per heavy atom. The molecule has 122 valence electrons. The molecule has 1 aliphatic heterocycles. The number of hydrogen-bond donors (Lipinski definition) is 0. The molecule has 3 rings (SSSR count). The molecular weight excluding hydrogens is 308 g/mol. The van der Waals surface area contributed by atoms with Crippen LogP contribution in [0.5, 0.6) is 0 Å². The molecule has 0 N–H and O–H groups in total. The number of piperidine rings is 1. The van der Waals surface area contributed by atoms with Gasteiger partial charge in [0.05, 0.1) is 6.54 Å². The highest BCUT2D eigenvalue weighted by Gasteiger charge is 2.25. The maximum atomic E-state index is 12.4. The van der Waals surface area contributed by atoms with E-state index < -0.39 is 0 Å². The Morgan fingerprint density at radius 2 is 1.96 bits per heavy atom. The second-order valence-corrected chi connectivity index (χ2v) is 7.21. The number of carbonyl (C=O) groups is 1. The number of carbonyl (C=O) groups excluding carboxylic acids is 1. The summed E-state index contributed by atoms with van der Waals surface area (Å²) >= 11 is 1.70. The molecule has 0 bridgehead atoms. The molecule has 0 saturated carbocycles. The fourth-order valence-corrected chi connectivity index (χ4v) is 3.78. The number of aromatic nitrogens is 2. The number of para-hydroxylation sites is 1. The SMILES string of the molecule is Cc1nnc(C2CCN(CC(=O)N(C)c3ccccc3)CC2)s1. The maximum Gasteiger partial charge on any atom is 0.240 e. The third kappa shape index (κ3) is 3.95. The van der Waals surface area contributed by atoms with Gasteiger partial charge in [0.25, 0.3) is 0 Å². The van der Waals surface area contributed by atoms with E-state index >= 15 is 0 Å². The molecule has 1 amide bonds. The van der Waals surface area contributed by atoms with E-state index in [9.17, 15) is 4.79 Å². The van der Waals surface area contributed by atoms with Crippen molar-refractivity contribution in [3.8, 4) is 0 Å². The first-order valence-electron chi connectivity index (χ1n) is 7.97. The first-order chi connectivity index (χ1) is 11.1. The van der Waals surface area contributed by atoms with Crippen LogP contribution in [-0.4, -0.2) is 47.7 Å². The molecule has 0 unspecified atom stereocenters. The zero-order chi connectivity index (χ0) is 16.2. The molecule has 0 radical (unpaired) electrons. The smallest absolute Gasteiger partial charge is 0.240 e. The van der Waals surface area contributed by atoms with Crippen molar-refractivity contribution in [1.29, 1.82) is 0 Å². The fourth-order valence-electron chi connectivity index (χ4n) is 2.91. The summed E-state index contributed by atoms with van der Waals surface area (Å²) in [6.07, 6.45) is 2.11. The lowest BCUT2D eigenvalue weighted by atomic mass is 9.97. The summed E-state index contributed by atoms with van der Waals surface area (Å²) in [5, 5.41) is 10.6. The lowest BCUT2D eigenvalue weighted by Gasteiger charge is -2.31. The van der Waals surface area contributed by atoms with Crippen molar-refractivity contribution in [2.24, 2.45) is 0 Å². The van der Waals surface area contributed by atoms with Gasteiger partial charge in [-0.25, -0.2) is 0 Å². The molecule has 0 aliphatic carbocycles. The van der Waals surface area contributed by atoms with Gasteiger partial charge in [0.1, 0.15) is 10.0 Å². The van der Waals surface area contributed by atoms with Gasteiger partial charge in [-0.1, -0.05) is 18.2 Å². The number of anilines is 1. The lowest BCUT2D eigenvalue weighted by Crippen LogP contribution is -2.42. The van der Waals surface area contributed by atoms with Crippen molar-refractivity contribution in [3.63, 3.8) is 0 Å². The topological polar surface area (TPSA) is 49.3 Å². The van der Waals surface area contributed by atoms with Crippen LogP contribution in [0, 0.1) is 6.92 Å². The van der Waals surface area contributed by atoms with E-state index in [0.717, 1.165) is 41.6 Å². The molecule has 1 fully saturated rings. The Bertz CT molecular complexity index is 650. The second-order valence-electron chi connectivity index (χ2n) is 6.00. The molecular formula is C17H22N4OS. The van der Waals surface area contributed by atoms with Gasteiger partial charge in [-0.15, -0.1) is 21.5 Å². The van der Waals surface area contributed by atoms with Crippen LogP contribution >= 0.6 is 11.3 Å². The first-order valence-corrected chi connectivity index (χ1v) is 8.79. The van der Waals surface area contributed by atoms with E-state index in [1.807, 2.05) is 44.3 Å². The number of hydrogen-bond acceptors (Lipinski definition) is 5. The van der Waals surface area contributed by atoms with Gasteiger partial charge in [0.2, 0.25) is 5.91 Å². The highest BCUT2D eigenvalue weighted by molar-refractivity contribution is 7.11. The normalized spacial score (nSPS) is 16.4. The molecule has 1 aliphatic rings. The minimum Gasteiger partial charge on any atom is -0.314 e. The van der Waals surface area contributed by atoms with E-state index in [1.165, 1.54) is 0 Å². The summed E-state index contributed by atoms with van der Waals surface area (Å²) in [4.78, 5) is 16.4. The molecule has 0 atom stereocenters. The van der Waals surface area contributed by atoms with Crippen molar-refractivity contribution in [2.75, 3.05) is 31.6 Å². The number of likely N-dealkylation sites (tertiary alicyclic amines) is 1. The van der Waals surface area contributed by atoms with E-state index in [2.05, 4.69) is 15.1 Å². The minimum atomic E-state index is 0.140.